The Morgan fingerprint density at radius 3 is 2.50 bits per heavy atom. The fourth-order valence-electron chi connectivity index (χ4n) is 1.92. The van der Waals surface area contributed by atoms with Crippen LogP contribution in [0.15, 0.2) is 45.3 Å². The Hall–Kier alpha value is -0.550. The Morgan fingerprint density at radius 2 is 1.90 bits per heavy atom. The molecule has 0 amide bonds. The molecule has 2 N–H and O–H groups in total. The summed E-state index contributed by atoms with van der Waals surface area (Å²) in [7, 11) is 0. The van der Waals surface area contributed by atoms with Crippen LogP contribution in [0.1, 0.15) is 17.2 Å². The van der Waals surface area contributed by atoms with Gasteiger partial charge in [-0.3, -0.25) is 0 Å². The molecule has 1 unspecified atom stereocenters. The van der Waals surface area contributed by atoms with Crippen LogP contribution < -0.4 is 5.32 Å². The van der Waals surface area contributed by atoms with Crippen molar-refractivity contribution in [1.29, 1.82) is 0 Å². The third-order valence-electron chi connectivity index (χ3n) is 2.97. The summed E-state index contributed by atoms with van der Waals surface area (Å²) in [5.74, 6) is 0. The zero-order valence-electron chi connectivity index (χ0n) is 10.8. The van der Waals surface area contributed by atoms with Gasteiger partial charge in [0.2, 0.25) is 0 Å². The third-order valence-corrected chi connectivity index (χ3v) is 4.88. The molecule has 2 aromatic carbocycles. The molecule has 0 bridgehead atoms. The molecule has 2 nitrogen and oxygen atoms in total. The minimum atomic E-state index is -0.182. The van der Waals surface area contributed by atoms with Crippen molar-refractivity contribution in [2.24, 2.45) is 0 Å². The quantitative estimate of drug-likeness (QED) is 0.703. The Bertz CT molecular complexity index is 619. The molecule has 0 aliphatic heterocycles. The predicted octanol–water partition coefficient (Wildman–Crippen LogP) is 5.32. The molecule has 0 radical (unpaired) electrons. The summed E-state index contributed by atoms with van der Waals surface area (Å²) in [6.07, 6.45) is 0. The Kier molecular flexibility index (Phi) is 5.49. The SMILES string of the molecule is Cc1ccc(C(CO)Nc2ccc(Cl)c(Br)c2)c(Br)c1. The lowest BCUT2D eigenvalue weighted by Crippen LogP contribution is -2.15. The van der Waals surface area contributed by atoms with Gasteiger partial charge in [-0.2, -0.15) is 0 Å². The van der Waals surface area contributed by atoms with Crippen molar-refractivity contribution in [2.75, 3.05) is 11.9 Å². The van der Waals surface area contributed by atoms with Crippen molar-refractivity contribution < 1.29 is 5.11 Å². The van der Waals surface area contributed by atoms with E-state index in [1.54, 1.807) is 0 Å². The van der Waals surface area contributed by atoms with Gasteiger partial charge in [0, 0.05) is 14.6 Å². The molecule has 0 heterocycles. The van der Waals surface area contributed by atoms with Crippen LogP contribution in [0.3, 0.4) is 0 Å². The fourth-order valence-corrected chi connectivity index (χ4v) is 3.19. The Balaban J connectivity index is 2.26. The molecule has 0 saturated carbocycles. The van der Waals surface area contributed by atoms with Crippen LogP contribution in [0.5, 0.6) is 0 Å². The minimum Gasteiger partial charge on any atom is -0.394 e. The first-order valence-corrected chi connectivity index (χ1v) is 8.06. The number of rotatable bonds is 4. The number of halogens is 3. The number of benzene rings is 2. The maximum absolute atomic E-state index is 9.64. The van der Waals surface area contributed by atoms with Gasteiger partial charge in [-0.15, -0.1) is 0 Å². The lowest BCUT2D eigenvalue weighted by Gasteiger charge is -2.20. The van der Waals surface area contributed by atoms with Crippen LogP contribution in [-0.2, 0) is 0 Å². The van der Waals surface area contributed by atoms with Crippen LogP contribution in [0.25, 0.3) is 0 Å². The molecule has 0 saturated heterocycles. The van der Waals surface area contributed by atoms with Crippen molar-refractivity contribution in [3.05, 3.63) is 61.5 Å². The topological polar surface area (TPSA) is 32.3 Å². The largest absolute Gasteiger partial charge is 0.394 e. The van der Waals surface area contributed by atoms with Crippen LogP contribution in [-0.4, -0.2) is 11.7 Å². The van der Waals surface area contributed by atoms with E-state index in [0.29, 0.717) is 5.02 Å². The van der Waals surface area contributed by atoms with E-state index in [-0.39, 0.29) is 12.6 Å². The van der Waals surface area contributed by atoms with E-state index in [9.17, 15) is 5.11 Å². The van der Waals surface area contributed by atoms with Gasteiger partial charge < -0.3 is 10.4 Å². The minimum absolute atomic E-state index is 0.00189. The summed E-state index contributed by atoms with van der Waals surface area (Å²) in [4.78, 5) is 0. The summed E-state index contributed by atoms with van der Waals surface area (Å²) in [6.45, 7) is 2.04. The van der Waals surface area contributed by atoms with Gasteiger partial charge >= 0.3 is 0 Å². The van der Waals surface area contributed by atoms with E-state index < -0.39 is 0 Å². The third kappa shape index (κ3) is 3.76. The van der Waals surface area contributed by atoms with Crippen LogP contribution >= 0.6 is 43.5 Å². The van der Waals surface area contributed by atoms with Gasteiger partial charge in [0.25, 0.3) is 0 Å². The second-order valence-electron chi connectivity index (χ2n) is 4.53. The molecule has 2 rings (SSSR count). The monoisotopic (exact) mass is 417 g/mol. The number of anilines is 1. The molecule has 0 aliphatic rings. The molecule has 20 heavy (non-hydrogen) atoms. The summed E-state index contributed by atoms with van der Waals surface area (Å²) in [5, 5.41) is 13.6. The molecule has 0 fully saturated rings. The normalized spacial score (nSPS) is 12.2. The Labute approximate surface area is 140 Å². The van der Waals surface area contributed by atoms with Gasteiger partial charge in [0.1, 0.15) is 0 Å². The average molecular weight is 420 g/mol. The maximum Gasteiger partial charge on any atom is 0.0755 e. The molecular formula is C15H14Br2ClNO. The molecular weight excluding hydrogens is 405 g/mol. The number of aliphatic hydroxyl groups is 1. The summed E-state index contributed by atoms with van der Waals surface area (Å²) in [6, 6.07) is 11.5. The highest BCUT2D eigenvalue weighted by Gasteiger charge is 2.14. The molecule has 5 heteroatoms. The molecule has 0 aliphatic carbocycles. The number of aliphatic hydroxyl groups excluding tert-OH is 1. The van der Waals surface area contributed by atoms with E-state index in [2.05, 4.69) is 37.2 Å². The molecule has 0 aromatic heterocycles. The van der Waals surface area contributed by atoms with E-state index in [0.717, 1.165) is 20.2 Å². The van der Waals surface area contributed by atoms with E-state index in [1.807, 2.05) is 43.3 Å². The standard InChI is InChI=1S/C15H14Br2ClNO/c1-9-2-4-11(12(16)6-9)15(8-20)19-10-3-5-14(18)13(17)7-10/h2-7,15,19-20H,8H2,1H3. The van der Waals surface area contributed by atoms with E-state index in [4.69, 9.17) is 11.6 Å². The van der Waals surface area contributed by atoms with Crippen molar-refractivity contribution in [3.8, 4) is 0 Å². The molecule has 106 valence electrons. The number of aryl methyl sites for hydroxylation is 1. The number of nitrogens with one attached hydrogen (secondary N) is 1. The zero-order valence-corrected chi connectivity index (χ0v) is 14.8. The second kappa shape index (κ2) is 6.94. The fraction of sp³-hybridized carbons (Fsp3) is 0.200. The van der Waals surface area contributed by atoms with Gasteiger partial charge in [-0.05, 0) is 58.2 Å². The van der Waals surface area contributed by atoms with Crippen LogP contribution in [0, 0.1) is 6.92 Å². The lowest BCUT2D eigenvalue weighted by atomic mass is 10.1. The van der Waals surface area contributed by atoms with Crippen molar-refractivity contribution >= 4 is 49.1 Å². The molecule has 2 aromatic rings. The summed E-state index contributed by atoms with van der Waals surface area (Å²) >= 11 is 12.9. The van der Waals surface area contributed by atoms with Crippen LogP contribution in [0.2, 0.25) is 5.02 Å². The highest BCUT2D eigenvalue weighted by molar-refractivity contribution is 9.10. The number of hydrogen-bond donors (Lipinski definition) is 2. The highest BCUT2D eigenvalue weighted by atomic mass is 79.9. The van der Waals surface area contributed by atoms with Gasteiger partial charge in [-0.25, -0.2) is 0 Å². The average Bonchev–Trinajstić information content (AvgIpc) is 2.41. The van der Waals surface area contributed by atoms with E-state index in [1.165, 1.54) is 5.56 Å². The first kappa shape index (κ1) is 15.8. The lowest BCUT2D eigenvalue weighted by molar-refractivity contribution is 0.276. The van der Waals surface area contributed by atoms with Gasteiger partial charge in [-0.1, -0.05) is 39.7 Å². The van der Waals surface area contributed by atoms with Crippen molar-refractivity contribution in [2.45, 2.75) is 13.0 Å². The molecule has 0 spiro atoms. The van der Waals surface area contributed by atoms with Crippen LogP contribution in [0.4, 0.5) is 5.69 Å². The predicted molar refractivity (Wildman–Crippen MR) is 91.5 cm³/mol. The van der Waals surface area contributed by atoms with Gasteiger partial charge in [0.15, 0.2) is 0 Å². The van der Waals surface area contributed by atoms with Gasteiger partial charge in [0.05, 0.1) is 17.7 Å². The second-order valence-corrected chi connectivity index (χ2v) is 6.65. The highest BCUT2D eigenvalue weighted by Crippen LogP contribution is 2.30. The first-order valence-electron chi connectivity index (χ1n) is 6.09. The van der Waals surface area contributed by atoms with Crippen molar-refractivity contribution in [1.82, 2.24) is 0 Å². The first-order chi connectivity index (χ1) is 9.51. The summed E-state index contributed by atoms with van der Waals surface area (Å²) < 4.78 is 1.81. The Morgan fingerprint density at radius 1 is 1.15 bits per heavy atom. The van der Waals surface area contributed by atoms with E-state index >= 15 is 0 Å². The maximum atomic E-state index is 9.64. The molecule has 1 atom stereocenters. The summed E-state index contributed by atoms with van der Waals surface area (Å²) in [5.41, 5.74) is 3.09. The zero-order chi connectivity index (χ0) is 14.7. The smallest absolute Gasteiger partial charge is 0.0755 e. The number of hydrogen-bond acceptors (Lipinski definition) is 2. The van der Waals surface area contributed by atoms with Crippen molar-refractivity contribution in [3.63, 3.8) is 0 Å².